The van der Waals surface area contributed by atoms with E-state index in [-0.39, 0.29) is 11.4 Å². The number of carboxylic acids is 1. The molecule has 1 rings (SSSR count). The molecule has 9 heteroatoms. The topological polar surface area (TPSA) is 122 Å². The molecule has 0 saturated carbocycles. The third kappa shape index (κ3) is 4.58. The summed E-state index contributed by atoms with van der Waals surface area (Å²) in [5.41, 5.74) is -0.539. The second kappa shape index (κ2) is 6.28. The van der Waals surface area contributed by atoms with Crippen molar-refractivity contribution in [1.29, 1.82) is 0 Å². The van der Waals surface area contributed by atoms with Gasteiger partial charge in [-0.1, -0.05) is 0 Å². The molecule has 1 aromatic carbocycles. The van der Waals surface area contributed by atoms with Crippen LogP contribution in [0, 0.1) is 15.9 Å². The van der Waals surface area contributed by atoms with Gasteiger partial charge in [-0.15, -0.1) is 0 Å². The van der Waals surface area contributed by atoms with Crippen molar-refractivity contribution in [2.24, 2.45) is 0 Å². The summed E-state index contributed by atoms with van der Waals surface area (Å²) < 4.78 is 12.9. The first kappa shape index (κ1) is 14.4. The Kier molecular flexibility index (Phi) is 4.75. The van der Waals surface area contributed by atoms with Crippen molar-refractivity contribution in [1.82, 2.24) is 5.32 Å². The molecular formula is C10H10FN3O5. The van der Waals surface area contributed by atoms with Gasteiger partial charge in [-0.2, -0.15) is 0 Å². The van der Waals surface area contributed by atoms with E-state index >= 15 is 0 Å². The van der Waals surface area contributed by atoms with Crippen LogP contribution in [0.1, 0.15) is 0 Å². The lowest BCUT2D eigenvalue weighted by atomic mass is 10.2. The number of carbonyl (C=O) groups is 2. The zero-order chi connectivity index (χ0) is 14.4. The summed E-state index contributed by atoms with van der Waals surface area (Å²) in [7, 11) is 0. The highest BCUT2D eigenvalue weighted by Crippen LogP contribution is 2.24. The molecule has 0 bridgehead atoms. The minimum atomic E-state index is -1.22. The van der Waals surface area contributed by atoms with Gasteiger partial charge in [0.2, 0.25) is 5.91 Å². The number of nitro benzene ring substituents is 1. The molecule has 1 aromatic rings. The van der Waals surface area contributed by atoms with E-state index in [1.807, 2.05) is 0 Å². The van der Waals surface area contributed by atoms with Crippen LogP contribution >= 0.6 is 0 Å². The molecule has 0 aliphatic rings. The van der Waals surface area contributed by atoms with Crippen LogP contribution in [0.4, 0.5) is 15.8 Å². The summed E-state index contributed by atoms with van der Waals surface area (Å²) in [5, 5.41) is 23.4. The number of anilines is 1. The number of halogens is 1. The van der Waals surface area contributed by atoms with Gasteiger partial charge in [-0.25, -0.2) is 4.39 Å². The van der Waals surface area contributed by atoms with Gasteiger partial charge in [0.05, 0.1) is 11.5 Å². The fraction of sp³-hybridized carbons (Fsp3) is 0.200. The lowest BCUT2D eigenvalue weighted by Crippen LogP contribution is -2.33. The molecule has 1 amide bonds. The standard InChI is InChI=1S/C10H10FN3O5/c11-6-1-2-8(14(18)19)7(3-6)12-4-9(15)13-5-10(16)17/h1-3,12H,4-5H2,(H,13,15)(H,16,17). The number of rotatable bonds is 6. The largest absolute Gasteiger partial charge is 0.480 e. The Morgan fingerprint density at radius 1 is 1.37 bits per heavy atom. The van der Waals surface area contributed by atoms with E-state index in [1.165, 1.54) is 0 Å². The minimum Gasteiger partial charge on any atom is -0.480 e. The van der Waals surface area contributed by atoms with Crippen molar-refractivity contribution in [3.8, 4) is 0 Å². The molecule has 102 valence electrons. The summed E-state index contributed by atoms with van der Waals surface area (Å²) >= 11 is 0. The smallest absolute Gasteiger partial charge is 0.322 e. The highest BCUT2D eigenvalue weighted by atomic mass is 19.1. The molecule has 0 fully saturated rings. The molecule has 8 nitrogen and oxygen atoms in total. The van der Waals surface area contributed by atoms with Gasteiger partial charge in [0.25, 0.3) is 5.69 Å². The Morgan fingerprint density at radius 3 is 2.63 bits per heavy atom. The van der Waals surface area contributed by atoms with Crippen LogP contribution in [0.3, 0.4) is 0 Å². The van der Waals surface area contributed by atoms with Crippen molar-refractivity contribution in [2.75, 3.05) is 18.4 Å². The highest BCUT2D eigenvalue weighted by molar-refractivity contribution is 5.84. The number of nitrogens with one attached hydrogen (secondary N) is 2. The third-order valence-electron chi connectivity index (χ3n) is 2.03. The van der Waals surface area contributed by atoms with Gasteiger partial charge in [0.15, 0.2) is 0 Å². The Morgan fingerprint density at radius 2 is 2.05 bits per heavy atom. The van der Waals surface area contributed by atoms with Crippen molar-refractivity contribution < 1.29 is 24.0 Å². The first-order chi connectivity index (χ1) is 8.90. The molecule has 0 unspecified atom stereocenters. The summed E-state index contributed by atoms with van der Waals surface area (Å²) in [6.07, 6.45) is 0. The van der Waals surface area contributed by atoms with Gasteiger partial charge in [0.1, 0.15) is 18.0 Å². The maximum atomic E-state index is 12.9. The van der Waals surface area contributed by atoms with E-state index < -0.39 is 35.7 Å². The number of nitro groups is 1. The average Bonchev–Trinajstić information content (AvgIpc) is 2.33. The first-order valence-corrected chi connectivity index (χ1v) is 5.06. The maximum Gasteiger partial charge on any atom is 0.322 e. The highest BCUT2D eigenvalue weighted by Gasteiger charge is 2.15. The number of aliphatic carboxylic acids is 1. The van der Waals surface area contributed by atoms with Crippen molar-refractivity contribution >= 4 is 23.3 Å². The number of carbonyl (C=O) groups excluding carboxylic acids is 1. The van der Waals surface area contributed by atoms with Crippen molar-refractivity contribution in [3.05, 3.63) is 34.1 Å². The molecule has 0 aromatic heterocycles. The van der Waals surface area contributed by atoms with Crippen molar-refractivity contribution in [3.63, 3.8) is 0 Å². The summed E-state index contributed by atoms with van der Waals surface area (Å²) in [6, 6.07) is 2.77. The van der Waals surface area contributed by atoms with Crippen LogP contribution in [-0.2, 0) is 9.59 Å². The zero-order valence-corrected chi connectivity index (χ0v) is 9.55. The monoisotopic (exact) mass is 271 g/mol. The molecule has 0 saturated heterocycles. The fourth-order valence-corrected chi connectivity index (χ4v) is 1.22. The number of nitrogens with zero attached hydrogens (tertiary/aromatic N) is 1. The summed E-state index contributed by atoms with van der Waals surface area (Å²) in [6.45, 7) is -0.969. The van der Waals surface area contributed by atoms with Crippen LogP contribution in [0.15, 0.2) is 18.2 Å². The molecule has 0 aliphatic carbocycles. The molecule has 19 heavy (non-hydrogen) atoms. The van der Waals surface area contributed by atoms with Crippen LogP contribution in [0.25, 0.3) is 0 Å². The number of benzene rings is 1. The van der Waals surface area contributed by atoms with Gasteiger partial charge in [-0.05, 0) is 6.07 Å². The quantitative estimate of drug-likeness (QED) is 0.507. The van der Waals surface area contributed by atoms with Crippen LogP contribution in [0.2, 0.25) is 0 Å². The summed E-state index contributed by atoms with van der Waals surface area (Å²) in [4.78, 5) is 31.3. The second-order valence-electron chi connectivity index (χ2n) is 3.44. The molecular weight excluding hydrogens is 261 g/mol. The Bertz CT molecular complexity index is 520. The fourth-order valence-electron chi connectivity index (χ4n) is 1.22. The van der Waals surface area contributed by atoms with E-state index in [4.69, 9.17) is 5.11 Å². The zero-order valence-electron chi connectivity index (χ0n) is 9.55. The molecule has 0 heterocycles. The normalized spacial score (nSPS) is 9.74. The number of hydrogen-bond acceptors (Lipinski definition) is 5. The second-order valence-corrected chi connectivity index (χ2v) is 3.44. The van der Waals surface area contributed by atoms with Gasteiger partial charge in [-0.3, -0.25) is 19.7 Å². The van der Waals surface area contributed by atoms with E-state index in [0.29, 0.717) is 0 Å². The van der Waals surface area contributed by atoms with Gasteiger partial charge in [0, 0.05) is 12.1 Å². The number of amides is 1. The molecule has 0 spiro atoms. The Hall–Kier alpha value is -2.71. The third-order valence-corrected chi connectivity index (χ3v) is 2.03. The maximum absolute atomic E-state index is 12.9. The van der Waals surface area contributed by atoms with Crippen LogP contribution < -0.4 is 10.6 Å². The Labute approximate surface area is 106 Å². The molecule has 0 radical (unpaired) electrons. The number of carboxylic acid groups (broad SMARTS) is 1. The molecule has 0 atom stereocenters. The van der Waals surface area contributed by atoms with E-state index in [1.54, 1.807) is 0 Å². The van der Waals surface area contributed by atoms with E-state index in [2.05, 4.69) is 10.6 Å². The van der Waals surface area contributed by atoms with E-state index in [9.17, 15) is 24.1 Å². The van der Waals surface area contributed by atoms with Crippen molar-refractivity contribution in [2.45, 2.75) is 0 Å². The minimum absolute atomic E-state index is 0.157. The van der Waals surface area contributed by atoms with Crippen LogP contribution in [-0.4, -0.2) is 35.0 Å². The molecule has 0 aliphatic heterocycles. The SMILES string of the molecule is O=C(O)CNC(=O)CNc1cc(F)ccc1[N+](=O)[O-]. The predicted octanol–water partition coefficient (Wildman–Crippen LogP) is 0.347. The molecule has 3 N–H and O–H groups in total. The Balaban J connectivity index is 2.66. The first-order valence-electron chi connectivity index (χ1n) is 5.06. The predicted molar refractivity (Wildman–Crippen MR) is 62.2 cm³/mol. The lowest BCUT2D eigenvalue weighted by Gasteiger charge is -2.07. The average molecular weight is 271 g/mol. The van der Waals surface area contributed by atoms with Gasteiger partial charge < -0.3 is 15.7 Å². The van der Waals surface area contributed by atoms with E-state index in [0.717, 1.165) is 18.2 Å². The van der Waals surface area contributed by atoms with Crippen LogP contribution in [0.5, 0.6) is 0 Å². The lowest BCUT2D eigenvalue weighted by molar-refractivity contribution is -0.384. The van der Waals surface area contributed by atoms with Gasteiger partial charge >= 0.3 is 5.97 Å². The summed E-state index contributed by atoms with van der Waals surface area (Å²) in [5.74, 6) is -2.59. The number of hydrogen-bond donors (Lipinski definition) is 3.